The van der Waals surface area contributed by atoms with Gasteiger partial charge in [-0.05, 0) is 74.0 Å². The number of oxime groups is 1. The Bertz CT molecular complexity index is 642. The highest BCUT2D eigenvalue weighted by molar-refractivity contribution is 5.87. The molecule has 4 nitrogen and oxygen atoms in total. The van der Waals surface area contributed by atoms with Crippen LogP contribution < -0.4 is 5.73 Å². The zero-order chi connectivity index (χ0) is 18.5. The summed E-state index contributed by atoms with van der Waals surface area (Å²) < 4.78 is 0. The maximum absolute atomic E-state index is 12.6. The van der Waals surface area contributed by atoms with E-state index in [0.29, 0.717) is 48.0 Å². The van der Waals surface area contributed by atoms with Gasteiger partial charge in [-0.2, -0.15) is 0 Å². The van der Waals surface area contributed by atoms with E-state index in [2.05, 4.69) is 25.6 Å². The van der Waals surface area contributed by atoms with Gasteiger partial charge in [0.05, 0.1) is 5.71 Å². The first-order valence-corrected chi connectivity index (χ1v) is 10.5. The summed E-state index contributed by atoms with van der Waals surface area (Å²) in [6, 6.07) is 0. The predicted molar refractivity (Wildman–Crippen MR) is 104 cm³/mol. The number of ketones is 1. The number of allylic oxidation sites excluding steroid dienone is 1. The lowest BCUT2D eigenvalue weighted by molar-refractivity contribution is -0.133. The summed E-state index contributed by atoms with van der Waals surface area (Å²) in [5, 5.41) is 4.36. The van der Waals surface area contributed by atoms with Crippen molar-refractivity contribution in [2.75, 3.05) is 13.2 Å². The molecule has 4 aliphatic rings. The molecule has 0 aliphatic heterocycles. The summed E-state index contributed by atoms with van der Waals surface area (Å²) in [6.45, 7) is 10.3. The minimum absolute atomic E-state index is 0.0787. The normalized spacial score (nSPS) is 46.7. The van der Waals surface area contributed by atoms with Crippen molar-refractivity contribution in [3.8, 4) is 0 Å². The number of fused-ring (bicyclic) bond motifs is 5. The third kappa shape index (κ3) is 2.59. The van der Waals surface area contributed by atoms with Crippen LogP contribution in [0.5, 0.6) is 0 Å². The van der Waals surface area contributed by atoms with E-state index < -0.39 is 0 Å². The molecule has 4 saturated carbocycles. The number of Topliss-reactive ketones (excluding diaryl/α,β-unsaturated/α-hetero) is 1. The van der Waals surface area contributed by atoms with Crippen molar-refractivity contribution in [2.45, 2.75) is 65.2 Å². The predicted octanol–water partition coefficient (Wildman–Crippen LogP) is 4.10. The Labute approximate surface area is 157 Å². The molecule has 0 aromatic rings. The Kier molecular flexibility index (Phi) is 4.53. The molecule has 0 radical (unpaired) electrons. The molecular formula is C22H34N2O2. The minimum Gasteiger partial charge on any atom is -0.395 e. The summed E-state index contributed by atoms with van der Waals surface area (Å²) in [5.74, 6) is 2.89. The van der Waals surface area contributed by atoms with Crippen molar-refractivity contribution < 1.29 is 9.63 Å². The monoisotopic (exact) mass is 358 g/mol. The number of hydrogen-bond acceptors (Lipinski definition) is 4. The lowest BCUT2D eigenvalue weighted by atomic mass is 9.44. The Morgan fingerprint density at radius 1 is 1.19 bits per heavy atom. The van der Waals surface area contributed by atoms with Crippen LogP contribution in [0.15, 0.2) is 17.3 Å². The molecule has 0 spiro atoms. The van der Waals surface area contributed by atoms with E-state index in [-0.39, 0.29) is 5.41 Å². The highest BCUT2D eigenvalue weighted by Gasteiger charge is 2.61. The molecule has 0 saturated heterocycles. The van der Waals surface area contributed by atoms with Crippen LogP contribution in [0.2, 0.25) is 0 Å². The van der Waals surface area contributed by atoms with E-state index in [1.165, 1.54) is 24.1 Å². The van der Waals surface area contributed by atoms with Gasteiger partial charge in [-0.25, -0.2) is 0 Å². The molecule has 0 aromatic carbocycles. The SMILES string of the molecule is C=C1CC2C/C(=N/OCCN)CCC2(C)C2CCC3(C)C(=O)CCC3C12. The fraction of sp³-hybridized carbons (Fsp3) is 0.818. The quantitative estimate of drug-likeness (QED) is 0.469. The van der Waals surface area contributed by atoms with Gasteiger partial charge in [-0.15, -0.1) is 0 Å². The second-order valence-electron chi connectivity index (χ2n) is 9.71. The van der Waals surface area contributed by atoms with Gasteiger partial charge in [-0.1, -0.05) is 31.2 Å². The maximum Gasteiger partial charge on any atom is 0.139 e. The maximum atomic E-state index is 12.6. The average molecular weight is 359 g/mol. The van der Waals surface area contributed by atoms with Crippen LogP contribution in [0, 0.1) is 34.5 Å². The Morgan fingerprint density at radius 2 is 2.00 bits per heavy atom. The van der Waals surface area contributed by atoms with Gasteiger partial charge < -0.3 is 10.6 Å². The molecule has 0 bridgehead atoms. The van der Waals surface area contributed by atoms with Gasteiger partial charge >= 0.3 is 0 Å². The number of nitrogens with zero attached hydrogens (tertiary/aromatic N) is 1. The summed E-state index contributed by atoms with van der Waals surface area (Å²) in [5.41, 5.74) is 8.38. The minimum atomic E-state index is -0.0787. The number of nitrogens with two attached hydrogens (primary N) is 1. The van der Waals surface area contributed by atoms with Crippen LogP contribution in [0.4, 0.5) is 0 Å². The molecule has 4 heteroatoms. The van der Waals surface area contributed by atoms with Crippen LogP contribution in [0.25, 0.3) is 0 Å². The summed E-state index contributed by atoms with van der Waals surface area (Å²) in [6.07, 6.45) is 8.48. The molecule has 2 N–H and O–H groups in total. The van der Waals surface area contributed by atoms with E-state index in [0.717, 1.165) is 38.5 Å². The first kappa shape index (κ1) is 18.2. The molecule has 4 aliphatic carbocycles. The topological polar surface area (TPSA) is 64.7 Å². The zero-order valence-electron chi connectivity index (χ0n) is 16.4. The first-order chi connectivity index (χ1) is 12.4. The molecular weight excluding hydrogens is 324 g/mol. The molecule has 0 amide bonds. The lowest BCUT2D eigenvalue weighted by Gasteiger charge is -2.60. The summed E-state index contributed by atoms with van der Waals surface area (Å²) in [4.78, 5) is 17.9. The number of hydrogen-bond donors (Lipinski definition) is 1. The van der Waals surface area contributed by atoms with Crippen LogP contribution in [0.1, 0.15) is 65.2 Å². The zero-order valence-corrected chi connectivity index (χ0v) is 16.4. The Morgan fingerprint density at radius 3 is 2.77 bits per heavy atom. The summed E-state index contributed by atoms with van der Waals surface area (Å²) >= 11 is 0. The molecule has 6 unspecified atom stereocenters. The van der Waals surface area contributed by atoms with Gasteiger partial charge in [0, 0.05) is 18.4 Å². The van der Waals surface area contributed by atoms with Crippen molar-refractivity contribution >= 4 is 11.5 Å². The van der Waals surface area contributed by atoms with E-state index in [4.69, 9.17) is 10.6 Å². The van der Waals surface area contributed by atoms with Crippen LogP contribution >= 0.6 is 0 Å². The fourth-order valence-electron chi connectivity index (χ4n) is 6.98. The van der Waals surface area contributed by atoms with E-state index in [1.54, 1.807) is 0 Å². The smallest absolute Gasteiger partial charge is 0.139 e. The van der Waals surface area contributed by atoms with Crippen molar-refractivity contribution in [3.05, 3.63) is 12.2 Å². The second kappa shape index (κ2) is 6.47. The van der Waals surface area contributed by atoms with Crippen LogP contribution in [-0.4, -0.2) is 24.6 Å². The molecule has 0 aromatic heterocycles. The first-order valence-electron chi connectivity index (χ1n) is 10.5. The van der Waals surface area contributed by atoms with Gasteiger partial charge in [-0.3, -0.25) is 4.79 Å². The van der Waals surface area contributed by atoms with E-state index in [1.807, 2.05) is 0 Å². The highest BCUT2D eigenvalue weighted by atomic mass is 16.6. The third-order valence-corrected chi connectivity index (χ3v) is 8.58. The molecule has 4 rings (SSSR count). The second-order valence-corrected chi connectivity index (χ2v) is 9.71. The van der Waals surface area contributed by atoms with Gasteiger partial charge in [0.25, 0.3) is 0 Å². The lowest BCUT2D eigenvalue weighted by Crippen LogP contribution is -2.54. The highest BCUT2D eigenvalue weighted by Crippen LogP contribution is 2.66. The van der Waals surface area contributed by atoms with Gasteiger partial charge in [0.1, 0.15) is 12.4 Å². The average Bonchev–Trinajstić information content (AvgIpc) is 2.92. The largest absolute Gasteiger partial charge is 0.395 e. The number of carbonyl (C=O) groups is 1. The standard InChI is InChI=1S/C22H34N2O2/c1-14-12-15-13-16(24-26-11-10-23)6-8-21(15,2)18-7-9-22(3)17(20(14)18)4-5-19(22)25/h15,17-18,20H,1,4-13,23H2,2-3H3/b24-16+. The van der Waals surface area contributed by atoms with Gasteiger partial charge in [0.2, 0.25) is 0 Å². The van der Waals surface area contributed by atoms with E-state index >= 15 is 0 Å². The van der Waals surface area contributed by atoms with Crippen LogP contribution in [0.3, 0.4) is 0 Å². The van der Waals surface area contributed by atoms with Crippen molar-refractivity contribution in [3.63, 3.8) is 0 Å². The van der Waals surface area contributed by atoms with Crippen molar-refractivity contribution in [1.82, 2.24) is 0 Å². The Hall–Kier alpha value is -1.16. The van der Waals surface area contributed by atoms with E-state index in [9.17, 15) is 4.79 Å². The number of carbonyl (C=O) groups excluding carboxylic acids is 1. The van der Waals surface area contributed by atoms with Crippen LogP contribution in [-0.2, 0) is 9.63 Å². The molecule has 4 fully saturated rings. The number of rotatable bonds is 3. The molecule has 144 valence electrons. The van der Waals surface area contributed by atoms with Gasteiger partial charge in [0.15, 0.2) is 0 Å². The third-order valence-electron chi connectivity index (χ3n) is 8.58. The molecule has 6 atom stereocenters. The molecule has 0 heterocycles. The summed E-state index contributed by atoms with van der Waals surface area (Å²) in [7, 11) is 0. The molecule has 26 heavy (non-hydrogen) atoms. The van der Waals surface area contributed by atoms with Crippen molar-refractivity contribution in [2.24, 2.45) is 45.4 Å². The fourth-order valence-corrected chi connectivity index (χ4v) is 6.98. The van der Waals surface area contributed by atoms with Crippen molar-refractivity contribution in [1.29, 1.82) is 0 Å². The Balaban J connectivity index is 1.57.